The van der Waals surface area contributed by atoms with E-state index in [0.29, 0.717) is 31.9 Å². The molecule has 2 heterocycles. The molecular weight excluding hydrogens is 332 g/mol. The molecule has 0 amide bonds. The van der Waals surface area contributed by atoms with E-state index in [2.05, 4.69) is 4.90 Å². The van der Waals surface area contributed by atoms with Crippen LogP contribution in [0.15, 0.2) is 18.2 Å². The number of aromatic nitrogens is 1. The smallest absolute Gasteiger partial charge is 0.340 e. The van der Waals surface area contributed by atoms with Gasteiger partial charge in [-0.2, -0.15) is 0 Å². The summed E-state index contributed by atoms with van der Waals surface area (Å²) >= 11 is 0. The summed E-state index contributed by atoms with van der Waals surface area (Å²) < 4.78 is 12.6. The Hall–Kier alpha value is -1.76. The number of fused-ring (bicyclic) bond motifs is 1. The summed E-state index contributed by atoms with van der Waals surface area (Å²) in [4.78, 5) is 14.7. The number of carbonyl (C=O) groups excluding carboxylic acids is 1. The maximum atomic E-state index is 12.5. The number of hydrogen-bond donors (Lipinski definition) is 1. The van der Waals surface area contributed by atoms with Crippen LogP contribution in [0.4, 0.5) is 0 Å². The van der Waals surface area contributed by atoms with E-state index < -0.39 is 0 Å². The lowest BCUT2D eigenvalue weighted by atomic mass is 10.1. The molecule has 24 heavy (non-hydrogen) atoms. The van der Waals surface area contributed by atoms with E-state index in [-0.39, 0.29) is 24.1 Å². The Morgan fingerprint density at radius 2 is 2.04 bits per heavy atom. The number of phenolic OH excluding ortho intramolecular Hbond substituents is 1. The number of phenols is 1. The Balaban J connectivity index is 0.00000208. The van der Waals surface area contributed by atoms with E-state index in [1.807, 2.05) is 17.7 Å². The van der Waals surface area contributed by atoms with Gasteiger partial charge >= 0.3 is 5.97 Å². The average molecular weight is 355 g/mol. The van der Waals surface area contributed by atoms with Gasteiger partial charge in [0.15, 0.2) is 0 Å². The maximum absolute atomic E-state index is 12.5. The second-order valence-corrected chi connectivity index (χ2v) is 5.69. The molecule has 3 rings (SSSR count). The molecule has 1 saturated heterocycles. The number of rotatable bonds is 4. The first-order valence-electron chi connectivity index (χ1n) is 7.89. The van der Waals surface area contributed by atoms with E-state index in [1.54, 1.807) is 19.1 Å². The zero-order valence-electron chi connectivity index (χ0n) is 13.9. The average Bonchev–Trinajstić information content (AvgIpc) is 2.80. The summed E-state index contributed by atoms with van der Waals surface area (Å²) in [6.45, 7) is 5.87. The van der Waals surface area contributed by atoms with Crippen molar-refractivity contribution in [2.45, 2.75) is 13.5 Å². The second kappa shape index (κ2) is 7.88. The molecule has 0 aliphatic carbocycles. The molecule has 1 aromatic heterocycles. The molecule has 6 nitrogen and oxygen atoms in total. The topological polar surface area (TPSA) is 63.9 Å². The molecule has 0 spiro atoms. The third-order valence-corrected chi connectivity index (χ3v) is 4.26. The number of halogens is 1. The zero-order chi connectivity index (χ0) is 16.4. The van der Waals surface area contributed by atoms with Gasteiger partial charge < -0.3 is 19.1 Å². The Bertz CT molecular complexity index is 723. The molecule has 1 aliphatic rings. The molecule has 2 aromatic rings. The number of esters is 1. The lowest BCUT2D eigenvalue weighted by Crippen LogP contribution is -2.36. The van der Waals surface area contributed by atoms with Crippen LogP contribution in [-0.4, -0.2) is 53.5 Å². The summed E-state index contributed by atoms with van der Waals surface area (Å²) in [5, 5.41) is 10.5. The van der Waals surface area contributed by atoms with Crippen LogP contribution in [0.5, 0.6) is 5.75 Å². The van der Waals surface area contributed by atoms with Crippen molar-refractivity contribution in [3.63, 3.8) is 0 Å². The highest BCUT2D eigenvalue weighted by Crippen LogP contribution is 2.30. The SMILES string of the molecule is CCOC(=O)c1c(CN2CCOCC2)n(C)c2ccc(O)cc12.Cl. The van der Waals surface area contributed by atoms with Crippen LogP contribution in [-0.2, 0) is 23.1 Å². The van der Waals surface area contributed by atoms with Gasteiger partial charge in [-0.15, -0.1) is 12.4 Å². The van der Waals surface area contributed by atoms with Gasteiger partial charge in [-0.05, 0) is 25.1 Å². The molecule has 1 N–H and O–H groups in total. The van der Waals surface area contributed by atoms with Crippen molar-refractivity contribution in [2.75, 3.05) is 32.9 Å². The standard InChI is InChI=1S/C17H22N2O4.ClH/c1-3-23-17(21)16-13-10-12(20)4-5-14(13)18(2)15(16)11-19-6-8-22-9-7-19;/h4-5,10,20H,3,6-9,11H2,1-2H3;1H. The van der Waals surface area contributed by atoms with Gasteiger partial charge in [0, 0.05) is 43.3 Å². The van der Waals surface area contributed by atoms with Crippen LogP contribution in [0.3, 0.4) is 0 Å². The van der Waals surface area contributed by atoms with Gasteiger partial charge in [0.1, 0.15) is 5.75 Å². The first kappa shape index (κ1) is 18.6. The van der Waals surface area contributed by atoms with E-state index in [9.17, 15) is 9.90 Å². The minimum Gasteiger partial charge on any atom is -0.508 e. The minimum absolute atomic E-state index is 0. The summed E-state index contributed by atoms with van der Waals surface area (Å²) in [5.41, 5.74) is 2.37. The van der Waals surface area contributed by atoms with Crippen LogP contribution in [0, 0.1) is 0 Å². The molecule has 1 aromatic carbocycles. The highest BCUT2D eigenvalue weighted by atomic mass is 35.5. The van der Waals surface area contributed by atoms with Crippen molar-refractivity contribution in [3.05, 3.63) is 29.5 Å². The van der Waals surface area contributed by atoms with Crippen LogP contribution >= 0.6 is 12.4 Å². The molecule has 0 unspecified atom stereocenters. The number of hydrogen-bond acceptors (Lipinski definition) is 5. The van der Waals surface area contributed by atoms with Gasteiger partial charge in [0.25, 0.3) is 0 Å². The van der Waals surface area contributed by atoms with Crippen LogP contribution in [0.1, 0.15) is 23.0 Å². The van der Waals surface area contributed by atoms with E-state index >= 15 is 0 Å². The molecule has 7 heteroatoms. The number of aryl methyl sites for hydroxylation is 1. The number of carbonyl (C=O) groups is 1. The molecule has 0 atom stereocenters. The van der Waals surface area contributed by atoms with Gasteiger partial charge in [-0.3, -0.25) is 4.90 Å². The fourth-order valence-electron chi connectivity index (χ4n) is 3.07. The van der Waals surface area contributed by atoms with Gasteiger partial charge in [-0.25, -0.2) is 4.79 Å². The fourth-order valence-corrected chi connectivity index (χ4v) is 3.07. The molecule has 0 saturated carbocycles. The Morgan fingerprint density at radius 3 is 2.71 bits per heavy atom. The van der Waals surface area contributed by atoms with Crippen molar-refractivity contribution in [3.8, 4) is 5.75 Å². The van der Waals surface area contributed by atoms with Crippen LogP contribution < -0.4 is 0 Å². The van der Waals surface area contributed by atoms with Crippen LogP contribution in [0.2, 0.25) is 0 Å². The van der Waals surface area contributed by atoms with E-state index in [4.69, 9.17) is 9.47 Å². The number of morpholine rings is 1. The Labute approximate surface area is 147 Å². The first-order valence-corrected chi connectivity index (χ1v) is 7.89. The molecule has 132 valence electrons. The zero-order valence-corrected chi connectivity index (χ0v) is 14.8. The largest absolute Gasteiger partial charge is 0.508 e. The summed E-state index contributed by atoms with van der Waals surface area (Å²) in [5.74, 6) is -0.196. The Kier molecular flexibility index (Phi) is 6.10. The Morgan fingerprint density at radius 1 is 1.33 bits per heavy atom. The van der Waals surface area contributed by atoms with Gasteiger partial charge in [-0.1, -0.05) is 0 Å². The fraction of sp³-hybridized carbons (Fsp3) is 0.471. The second-order valence-electron chi connectivity index (χ2n) is 5.69. The molecule has 0 radical (unpaired) electrons. The number of ether oxygens (including phenoxy) is 2. The molecule has 1 fully saturated rings. The summed E-state index contributed by atoms with van der Waals surface area (Å²) in [6.07, 6.45) is 0. The van der Waals surface area contributed by atoms with Crippen molar-refractivity contribution in [2.24, 2.45) is 7.05 Å². The number of aromatic hydroxyl groups is 1. The van der Waals surface area contributed by atoms with Crippen molar-refractivity contribution < 1.29 is 19.4 Å². The van der Waals surface area contributed by atoms with Crippen molar-refractivity contribution in [1.82, 2.24) is 9.47 Å². The third kappa shape index (κ3) is 3.50. The maximum Gasteiger partial charge on any atom is 0.340 e. The number of nitrogens with zero attached hydrogens (tertiary/aromatic N) is 2. The lowest BCUT2D eigenvalue weighted by Gasteiger charge is -2.27. The normalized spacial score (nSPS) is 15.2. The monoisotopic (exact) mass is 354 g/mol. The number of benzene rings is 1. The van der Waals surface area contributed by atoms with E-state index in [1.165, 1.54) is 0 Å². The molecule has 0 bridgehead atoms. The van der Waals surface area contributed by atoms with Crippen molar-refractivity contribution >= 4 is 29.3 Å². The highest BCUT2D eigenvalue weighted by molar-refractivity contribution is 6.06. The predicted octanol–water partition coefficient (Wildman–Crippen LogP) is 2.31. The third-order valence-electron chi connectivity index (χ3n) is 4.26. The summed E-state index contributed by atoms with van der Waals surface area (Å²) in [6, 6.07) is 5.09. The lowest BCUT2D eigenvalue weighted by molar-refractivity contribution is 0.0328. The molecule has 1 aliphatic heterocycles. The highest BCUT2D eigenvalue weighted by Gasteiger charge is 2.24. The predicted molar refractivity (Wildman–Crippen MR) is 93.9 cm³/mol. The quantitative estimate of drug-likeness (QED) is 0.854. The van der Waals surface area contributed by atoms with Crippen LogP contribution in [0.25, 0.3) is 10.9 Å². The summed E-state index contributed by atoms with van der Waals surface area (Å²) in [7, 11) is 1.94. The van der Waals surface area contributed by atoms with Gasteiger partial charge in [0.05, 0.1) is 25.4 Å². The van der Waals surface area contributed by atoms with Gasteiger partial charge in [0.2, 0.25) is 0 Å². The minimum atomic E-state index is -0.341. The van der Waals surface area contributed by atoms with E-state index in [0.717, 1.165) is 29.7 Å². The van der Waals surface area contributed by atoms with Crippen molar-refractivity contribution in [1.29, 1.82) is 0 Å². The molecular formula is C17H23ClN2O4. The first-order chi connectivity index (χ1) is 11.1.